The van der Waals surface area contributed by atoms with Gasteiger partial charge in [0.1, 0.15) is 18.1 Å². The summed E-state index contributed by atoms with van der Waals surface area (Å²) in [5, 5.41) is 0. The van der Waals surface area contributed by atoms with Crippen LogP contribution in [0.15, 0.2) is 36.4 Å². The number of hydrogen-bond donors (Lipinski definition) is 0. The van der Waals surface area contributed by atoms with Crippen LogP contribution in [0.1, 0.15) is 30.5 Å². The van der Waals surface area contributed by atoms with Crippen LogP contribution in [0, 0.1) is 0 Å². The molecule has 3 rings (SSSR count). The van der Waals surface area contributed by atoms with Crippen LogP contribution in [-0.2, 0) is 11.2 Å². The van der Waals surface area contributed by atoms with Crippen molar-refractivity contribution in [1.29, 1.82) is 0 Å². The topological polar surface area (TPSA) is 57.2 Å². The highest BCUT2D eigenvalue weighted by atomic mass is 16.5. The van der Waals surface area contributed by atoms with Gasteiger partial charge in [0.25, 0.3) is 0 Å². The number of carbonyl (C=O) groups is 1. The fourth-order valence-corrected chi connectivity index (χ4v) is 3.56. The van der Waals surface area contributed by atoms with E-state index in [9.17, 15) is 4.79 Å². The predicted molar refractivity (Wildman–Crippen MR) is 106 cm³/mol. The minimum atomic E-state index is -0.182. The molecular formula is C22H27NO5. The molecular weight excluding hydrogens is 358 g/mol. The van der Waals surface area contributed by atoms with Crippen LogP contribution < -0.4 is 18.9 Å². The highest BCUT2D eigenvalue weighted by Gasteiger charge is 2.32. The first-order chi connectivity index (χ1) is 13.6. The molecule has 0 radical (unpaired) electrons. The van der Waals surface area contributed by atoms with Crippen molar-refractivity contribution < 1.29 is 23.7 Å². The molecule has 1 aliphatic heterocycles. The van der Waals surface area contributed by atoms with E-state index in [1.807, 2.05) is 48.2 Å². The zero-order chi connectivity index (χ0) is 20.1. The third-order valence-corrected chi connectivity index (χ3v) is 5.09. The van der Waals surface area contributed by atoms with E-state index in [4.69, 9.17) is 18.9 Å². The van der Waals surface area contributed by atoms with Gasteiger partial charge in [0.2, 0.25) is 5.91 Å². The van der Waals surface area contributed by atoms with E-state index in [-0.39, 0.29) is 11.9 Å². The van der Waals surface area contributed by atoms with E-state index in [2.05, 4.69) is 0 Å². The molecule has 1 amide bonds. The number of amides is 1. The molecule has 6 nitrogen and oxygen atoms in total. The number of benzene rings is 2. The average molecular weight is 385 g/mol. The molecule has 0 bridgehead atoms. The monoisotopic (exact) mass is 385 g/mol. The van der Waals surface area contributed by atoms with Crippen LogP contribution in [-0.4, -0.2) is 45.3 Å². The Hall–Kier alpha value is -2.89. The summed E-state index contributed by atoms with van der Waals surface area (Å²) in [6, 6.07) is 11.2. The van der Waals surface area contributed by atoms with Crippen molar-refractivity contribution in [2.45, 2.75) is 25.8 Å². The van der Waals surface area contributed by atoms with Crippen molar-refractivity contribution in [3.05, 3.63) is 47.5 Å². The number of ether oxygens (including phenoxy) is 4. The zero-order valence-corrected chi connectivity index (χ0v) is 16.9. The van der Waals surface area contributed by atoms with Gasteiger partial charge in [-0.15, -0.1) is 0 Å². The fraction of sp³-hybridized carbons (Fsp3) is 0.409. The van der Waals surface area contributed by atoms with Crippen LogP contribution in [0.3, 0.4) is 0 Å². The second-order valence-electron chi connectivity index (χ2n) is 6.60. The second kappa shape index (κ2) is 8.87. The number of fused-ring (bicyclic) bond motifs is 1. The van der Waals surface area contributed by atoms with E-state index in [0.29, 0.717) is 31.1 Å². The Bertz CT molecular complexity index is 818. The maximum absolute atomic E-state index is 12.6. The number of methoxy groups -OCH3 is 3. The van der Waals surface area contributed by atoms with Crippen LogP contribution in [0.25, 0.3) is 0 Å². The summed E-state index contributed by atoms with van der Waals surface area (Å²) in [5.41, 5.74) is 2.19. The van der Waals surface area contributed by atoms with Gasteiger partial charge in [-0.05, 0) is 53.9 Å². The van der Waals surface area contributed by atoms with Crippen molar-refractivity contribution in [3.8, 4) is 23.0 Å². The summed E-state index contributed by atoms with van der Waals surface area (Å²) in [6.07, 6.45) is 1.24. The van der Waals surface area contributed by atoms with Crippen LogP contribution in [0.4, 0.5) is 0 Å². The van der Waals surface area contributed by atoms with Crippen molar-refractivity contribution in [3.63, 3.8) is 0 Å². The summed E-state index contributed by atoms with van der Waals surface area (Å²) in [6.45, 7) is 2.90. The van der Waals surface area contributed by atoms with E-state index in [1.54, 1.807) is 21.3 Å². The lowest BCUT2D eigenvalue weighted by Crippen LogP contribution is -2.42. The molecule has 0 saturated carbocycles. The Balaban J connectivity index is 1.90. The average Bonchev–Trinajstić information content (AvgIpc) is 2.75. The normalized spacial score (nSPS) is 15.6. The van der Waals surface area contributed by atoms with Gasteiger partial charge in [-0.25, -0.2) is 0 Å². The predicted octanol–water partition coefficient (Wildman–Crippen LogP) is 3.63. The fourth-order valence-electron chi connectivity index (χ4n) is 3.56. The second-order valence-corrected chi connectivity index (χ2v) is 6.60. The number of rotatable bonds is 7. The Kier molecular flexibility index (Phi) is 6.29. The van der Waals surface area contributed by atoms with Gasteiger partial charge in [0.05, 0.1) is 27.4 Å². The Morgan fingerprint density at radius 2 is 1.64 bits per heavy atom. The summed E-state index contributed by atoms with van der Waals surface area (Å²) in [7, 11) is 4.87. The highest BCUT2D eigenvalue weighted by Crippen LogP contribution is 2.38. The minimum absolute atomic E-state index is 0.115. The summed E-state index contributed by atoms with van der Waals surface area (Å²) >= 11 is 0. The number of nitrogens with zero attached hydrogens (tertiary/aromatic N) is 1. The zero-order valence-electron chi connectivity index (χ0n) is 16.9. The lowest BCUT2D eigenvalue weighted by atomic mass is 9.92. The van der Waals surface area contributed by atoms with Crippen molar-refractivity contribution in [1.82, 2.24) is 4.90 Å². The van der Waals surface area contributed by atoms with Gasteiger partial charge >= 0.3 is 0 Å². The molecule has 0 fully saturated rings. The number of carbonyl (C=O) groups excluding carboxylic acids is 1. The molecule has 6 heteroatoms. The first-order valence-electron chi connectivity index (χ1n) is 9.42. The third kappa shape index (κ3) is 4.01. The van der Waals surface area contributed by atoms with E-state index in [0.717, 1.165) is 29.0 Å². The van der Waals surface area contributed by atoms with Crippen LogP contribution >= 0.6 is 0 Å². The van der Waals surface area contributed by atoms with E-state index >= 15 is 0 Å². The van der Waals surface area contributed by atoms with Gasteiger partial charge < -0.3 is 23.8 Å². The van der Waals surface area contributed by atoms with E-state index in [1.165, 1.54) is 0 Å². The molecule has 1 heterocycles. The number of hydrogen-bond acceptors (Lipinski definition) is 5. The Morgan fingerprint density at radius 3 is 2.25 bits per heavy atom. The Morgan fingerprint density at radius 1 is 1.00 bits per heavy atom. The molecule has 1 aliphatic rings. The first kappa shape index (κ1) is 19.9. The van der Waals surface area contributed by atoms with Gasteiger partial charge in [-0.1, -0.05) is 6.92 Å². The van der Waals surface area contributed by atoms with Crippen LogP contribution in [0.2, 0.25) is 0 Å². The molecule has 2 aromatic rings. The van der Waals surface area contributed by atoms with Gasteiger partial charge in [-0.3, -0.25) is 4.79 Å². The SMILES string of the molecule is CCC(=O)N1CCc2cc(OC)c(OC)cc2[C@H]1COc1ccc(OC)cc1. The largest absolute Gasteiger partial charge is 0.497 e. The van der Waals surface area contributed by atoms with Crippen molar-refractivity contribution in [2.24, 2.45) is 0 Å². The van der Waals surface area contributed by atoms with Gasteiger partial charge in [0.15, 0.2) is 11.5 Å². The third-order valence-electron chi connectivity index (χ3n) is 5.09. The van der Waals surface area contributed by atoms with Crippen molar-refractivity contribution >= 4 is 5.91 Å². The maximum Gasteiger partial charge on any atom is 0.222 e. The lowest BCUT2D eigenvalue weighted by molar-refractivity contribution is -0.134. The maximum atomic E-state index is 12.6. The molecule has 28 heavy (non-hydrogen) atoms. The van der Waals surface area contributed by atoms with Gasteiger partial charge in [0, 0.05) is 13.0 Å². The minimum Gasteiger partial charge on any atom is -0.497 e. The van der Waals surface area contributed by atoms with E-state index < -0.39 is 0 Å². The molecule has 0 unspecified atom stereocenters. The molecule has 0 aliphatic carbocycles. The highest BCUT2D eigenvalue weighted by molar-refractivity contribution is 5.77. The molecule has 0 N–H and O–H groups in total. The molecule has 0 aromatic heterocycles. The quantitative estimate of drug-likeness (QED) is 0.729. The van der Waals surface area contributed by atoms with Crippen LogP contribution in [0.5, 0.6) is 23.0 Å². The van der Waals surface area contributed by atoms with Gasteiger partial charge in [-0.2, -0.15) is 0 Å². The first-order valence-corrected chi connectivity index (χ1v) is 9.42. The molecule has 1 atom stereocenters. The molecule has 150 valence electrons. The summed E-state index contributed by atoms with van der Waals surface area (Å²) in [4.78, 5) is 14.5. The van der Waals surface area contributed by atoms with Crippen molar-refractivity contribution in [2.75, 3.05) is 34.5 Å². The molecule has 0 saturated heterocycles. The summed E-state index contributed by atoms with van der Waals surface area (Å²) in [5.74, 6) is 2.98. The molecule has 2 aromatic carbocycles. The lowest BCUT2D eigenvalue weighted by Gasteiger charge is -2.37. The standard InChI is InChI=1S/C22H27NO5/c1-5-22(24)23-11-10-15-12-20(26-3)21(27-4)13-18(15)19(23)14-28-17-8-6-16(25-2)7-9-17/h6-9,12-13,19H,5,10-11,14H2,1-4H3/t19-/m1/s1. The molecule has 0 spiro atoms. The smallest absolute Gasteiger partial charge is 0.222 e. The Labute approximate surface area is 166 Å². The summed E-state index contributed by atoms with van der Waals surface area (Å²) < 4.78 is 22.1.